The van der Waals surface area contributed by atoms with E-state index in [1.807, 2.05) is 24.3 Å². The summed E-state index contributed by atoms with van der Waals surface area (Å²) in [5, 5.41) is 4.94. The number of halogens is 2. The van der Waals surface area contributed by atoms with Gasteiger partial charge in [0.05, 0.1) is 17.3 Å². The van der Waals surface area contributed by atoms with Crippen LogP contribution in [0.25, 0.3) is 0 Å². The highest BCUT2D eigenvalue weighted by Crippen LogP contribution is 2.31. The predicted molar refractivity (Wildman–Crippen MR) is 112 cm³/mol. The molecule has 0 atom stereocenters. The number of hydrogen-bond acceptors (Lipinski definition) is 3. The highest BCUT2D eigenvalue weighted by Gasteiger charge is 2.14. The van der Waals surface area contributed by atoms with E-state index in [1.165, 1.54) is 19.3 Å². The van der Waals surface area contributed by atoms with E-state index in [1.54, 1.807) is 0 Å². The van der Waals surface area contributed by atoms with Gasteiger partial charge in [-0.2, -0.15) is 0 Å². The van der Waals surface area contributed by atoms with Crippen LogP contribution in [0.1, 0.15) is 38.2 Å². The summed E-state index contributed by atoms with van der Waals surface area (Å²) < 4.78 is 5.82. The van der Waals surface area contributed by atoms with Gasteiger partial charge in [-0.1, -0.05) is 30.1 Å². The maximum Gasteiger partial charge on any atom is 0.124 e. The van der Waals surface area contributed by atoms with Gasteiger partial charge in [0.1, 0.15) is 5.75 Å². The number of piperidine rings is 1. The van der Waals surface area contributed by atoms with Crippen LogP contribution in [0.3, 0.4) is 0 Å². The summed E-state index contributed by atoms with van der Waals surface area (Å²) in [6.07, 6.45) is 4.77. The lowest BCUT2D eigenvalue weighted by atomic mass is 10.1. The number of nitrogens with one attached hydrogen (secondary N) is 1. The first kappa shape index (κ1) is 19.2. The summed E-state index contributed by atoms with van der Waals surface area (Å²) >= 11 is 12.7. The van der Waals surface area contributed by atoms with Crippen molar-refractivity contribution in [3.05, 3.63) is 52.0 Å². The first-order chi connectivity index (χ1) is 12.7. The van der Waals surface area contributed by atoms with E-state index in [-0.39, 0.29) is 0 Å². The minimum atomic E-state index is 0.638. The van der Waals surface area contributed by atoms with Crippen molar-refractivity contribution < 1.29 is 4.74 Å². The largest absolute Gasteiger partial charge is 0.493 e. The Kier molecular flexibility index (Phi) is 6.93. The molecule has 5 heteroatoms. The van der Waals surface area contributed by atoms with Crippen LogP contribution in [0.15, 0.2) is 36.4 Å². The van der Waals surface area contributed by atoms with E-state index in [4.69, 9.17) is 27.9 Å². The molecule has 1 fully saturated rings. The van der Waals surface area contributed by atoms with Crippen LogP contribution in [0.2, 0.25) is 10.0 Å². The minimum absolute atomic E-state index is 0.638. The van der Waals surface area contributed by atoms with Gasteiger partial charge in [0.15, 0.2) is 0 Å². The Hall–Kier alpha value is -1.58. The Morgan fingerprint density at radius 3 is 2.58 bits per heavy atom. The van der Waals surface area contributed by atoms with E-state index in [9.17, 15) is 0 Å². The van der Waals surface area contributed by atoms with Gasteiger partial charge in [-0.3, -0.25) is 0 Å². The lowest BCUT2D eigenvalue weighted by Crippen LogP contribution is -2.29. The number of benzene rings is 2. The molecule has 3 nitrogen and oxygen atoms in total. The molecule has 0 aliphatic carbocycles. The minimum Gasteiger partial charge on any atom is -0.493 e. The van der Waals surface area contributed by atoms with Gasteiger partial charge >= 0.3 is 0 Å². The standard InChI is InChI=1S/C21H26Cl2N2O/c1-2-12-26-21-9-6-17(22)13-16(21)15-24-18-7-8-20(19(23)14-18)25-10-4-3-5-11-25/h6-9,13-14,24H,2-5,10-12,15H2,1H3. The fourth-order valence-electron chi connectivity index (χ4n) is 3.24. The number of ether oxygens (including phenoxy) is 1. The average molecular weight is 393 g/mol. The van der Waals surface area contributed by atoms with E-state index in [2.05, 4.69) is 29.3 Å². The van der Waals surface area contributed by atoms with Gasteiger partial charge in [-0.25, -0.2) is 0 Å². The van der Waals surface area contributed by atoms with Crippen molar-refractivity contribution in [2.75, 3.05) is 29.9 Å². The molecular weight excluding hydrogens is 367 g/mol. The Labute approximate surface area is 166 Å². The molecule has 0 bridgehead atoms. The second-order valence-corrected chi connectivity index (χ2v) is 7.51. The lowest BCUT2D eigenvalue weighted by Gasteiger charge is -2.29. The maximum absolute atomic E-state index is 6.54. The molecular formula is C21H26Cl2N2O. The molecule has 140 valence electrons. The number of rotatable bonds is 7. The van der Waals surface area contributed by atoms with E-state index in [0.29, 0.717) is 18.2 Å². The van der Waals surface area contributed by atoms with Crippen molar-refractivity contribution in [1.82, 2.24) is 0 Å². The number of nitrogens with zero attached hydrogens (tertiary/aromatic N) is 1. The molecule has 3 rings (SSSR count). The highest BCUT2D eigenvalue weighted by molar-refractivity contribution is 6.33. The van der Waals surface area contributed by atoms with Crippen molar-refractivity contribution in [2.45, 2.75) is 39.2 Å². The fourth-order valence-corrected chi connectivity index (χ4v) is 3.74. The third kappa shape index (κ3) is 4.99. The molecule has 1 saturated heterocycles. The quantitative estimate of drug-likeness (QED) is 0.590. The Balaban J connectivity index is 1.68. The monoisotopic (exact) mass is 392 g/mol. The van der Waals surface area contributed by atoms with Gasteiger partial charge in [0, 0.05) is 35.9 Å². The van der Waals surface area contributed by atoms with Crippen LogP contribution in [-0.2, 0) is 6.54 Å². The molecule has 26 heavy (non-hydrogen) atoms. The normalized spacial score (nSPS) is 14.3. The lowest BCUT2D eigenvalue weighted by molar-refractivity contribution is 0.314. The van der Waals surface area contributed by atoms with Gasteiger partial charge in [-0.05, 0) is 62.1 Å². The SMILES string of the molecule is CCCOc1ccc(Cl)cc1CNc1ccc(N2CCCCC2)c(Cl)c1. The topological polar surface area (TPSA) is 24.5 Å². The Morgan fingerprint density at radius 1 is 1.04 bits per heavy atom. The molecule has 0 aromatic heterocycles. The van der Waals surface area contributed by atoms with Gasteiger partial charge in [-0.15, -0.1) is 0 Å². The Bertz CT molecular complexity index is 730. The zero-order valence-corrected chi connectivity index (χ0v) is 16.7. The van der Waals surface area contributed by atoms with Gasteiger partial charge < -0.3 is 15.0 Å². The molecule has 0 amide bonds. The van der Waals surface area contributed by atoms with Crippen LogP contribution >= 0.6 is 23.2 Å². The molecule has 2 aromatic rings. The van der Waals surface area contributed by atoms with Crippen molar-refractivity contribution in [3.8, 4) is 5.75 Å². The van der Waals surface area contributed by atoms with E-state index in [0.717, 1.165) is 47.2 Å². The summed E-state index contributed by atoms with van der Waals surface area (Å²) in [6, 6.07) is 11.9. The summed E-state index contributed by atoms with van der Waals surface area (Å²) in [5.41, 5.74) is 3.17. The first-order valence-corrected chi connectivity index (χ1v) is 10.1. The number of anilines is 2. The summed E-state index contributed by atoms with van der Waals surface area (Å²) in [6.45, 7) is 5.62. The molecule has 0 saturated carbocycles. The average Bonchev–Trinajstić information content (AvgIpc) is 2.66. The number of hydrogen-bond donors (Lipinski definition) is 1. The fraction of sp³-hybridized carbons (Fsp3) is 0.429. The van der Waals surface area contributed by atoms with Crippen LogP contribution in [0, 0.1) is 0 Å². The van der Waals surface area contributed by atoms with Crippen molar-refractivity contribution in [1.29, 1.82) is 0 Å². The molecule has 1 N–H and O–H groups in total. The van der Waals surface area contributed by atoms with Crippen molar-refractivity contribution >= 4 is 34.6 Å². The van der Waals surface area contributed by atoms with Crippen molar-refractivity contribution in [2.24, 2.45) is 0 Å². The molecule has 1 aliphatic heterocycles. The third-order valence-corrected chi connectivity index (χ3v) is 5.15. The molecule has 1 heterocycles. The van der Waals surface area contributed by atoms with Crippen LogP contribution in [-0.4, -0.2) is 19.7 Å². The first-order valence-electron chi connectivity index (χ1n) is 9.37. The predicted octanol–water partition coefficient (Wildman–Crippen LogP) is 6.38. The zero-order chi connectivity index (χ0) is 18.4. The van der Waals surface area contributed by atoms with Crippen LogP contribution in [0.4, 0.5) is 11.4 Å². The smallest absolute Gasteiger partial charge is 0.124 e. The molecule has 0 unspecified atom stereocenters. The zero-order valence-electron chi connectivity index (χ0n) is 15.2. The van der Waals surface area contributed by atoms with Gasteiger partial charge in [0.2, 0.25) is 0 Å². The molecule has 2 aromatic carbocycles. The van der Waals surface area contributed by atoms with Gasteiger partial charge in [0.25, 0.3) is 0 Å². The third-order valence-electron chi connectivity index (χ3n) is 4.61. The van der Waals surface area contributed by atoms with Crippen LogP contribution < -0.4 is 15.0 Å². The molecule has 0 radical (unpaired) electrons. The molecule has 0 spiro atoms. The van der Waals surface area contributed by atoms with E-state index < -0.39 is 0 Å². The Morgan fingerprint density at radius 2 is 1.85 bits per heavy atom. The second-order valence-electron chi connectivity index (χ2n) is 6.67. The maximum atomic E-state index is 6.54. The highest BCUT2D eigenvalue weighted by atomic mass is 35.5. The summed E-state index contributed by atoms with van der Waals surface area (Å²) in [5.74, 6) is 0.875. The van der Waals surface area contributed by atoms with E-state index >= 15 is 0 Å². The summed E-state index contributed by atoms with van der Waals surface area (Å²) in [7, 11) is 0. The second kappa shape index (κ2) is 9.38. The summed E-state index contributed by atoms with van der Waals surface area (Å²) in [4.78, 5) is 2.38. The van der Waals surface area contributed by atoms with Crippen LogP contribution in [0.5, 0.6) is 5.75 Å². The molecule has 1 aliphatic rings. The van der Waals surface area contributed by atoms with Crippen molar-refractivity contribution in [3.63, 3.8) is 0 Å².